The quantitative estimate of drug-likeness (QED) is 0.664. The van der Waals surface area contributed by atoms with Gasteiger partial charge in [0.25, 0.3) is 0 Å². The van der Waals surface area contributed by atoms with Gasteiger partial charge in [-0.05, 0) is 69.2 Å². The second kappa shape index (κ2) is 7.14. The van der Waals surface area contributed by atoms with E-state index in [9.17, 15) is 0 Å². The third kappa shape index (κ3) is 3.15. The molecule has 0 N–H and O–H groups in total. The van der Waals surface area contributed by atoms with E-state index in [1.807, 2.05) is 30.3 Å². The molecule has 2 aromatic rings. The monoisotopic (exact) mass is 412 g/mol. The molecule has 0 aromatic heterocycles. The Balaban J connectivity index is 1.40. The van der Waals surface area contributed by atoms with Gasteiger partial charge in [-0.2, -0.15) is 0 Å². The van der Waals surface area contributed by atoms with Crippen molar-refractivity contribution < 1.29 is 0 Å². The maximum absolute atomic E-state index is 5.11. The minimum atomic E-state index is -0.304. The average molecular weight is 413 g/mol. The van der Waals surface area contributed by atoms with Gasteiger partial charge in [-0.15, -0.1) is 10.2 Å². The predicted molar refractivity (Wildman–Crippen MR) is 118 cm³/mol. The van der Waals surface area contributed by atoms with E-state index in [0.29, 0.717) is 5.92 Å². The lowest BCUT2D eigenvalue weighted by Gasteiger charge is -2.34. The molecule has 0 bridgehead atoms. The zero-order valence-electron chi connectivity index (χ0n) is 18.1. The van der Waals surface area contributed by atoms with Crippen LogP contribution in [0.25, 0.3) is 0 Å². The SMILES string of the molecule is CC1CCCCC12N=c1cccc(N=Nc3cccc4c3=NC3(CCCCC3)N=4)c1=N2. The first-order valence-electron chi connectivity index (χ1n) is 11.8. The van der Waals surface area contributed by atoms with Crippen molar-refractivity contribution in [2.24, 2.45) is 36.1 Å². The van der Waals surface area contributed by atoms with E-state index < -0.39 is 0 Å². The highest BCUT2D eigenvalue weighted by molar-refractivity contribution is 5.40. The summed E-state index contributed by atoms with van der Waals surface area (Å²) in [5.41, 5.74) is 1.01. The highest BCUT2D eigenvalue weighted by Gasteiger charge is 2.39. The third-order valence-electron chi connectivity index (χ3n) is 7.40. The van der Waals surface area contributed by atoms with Crippen molar-refractivity contribution in [2.45, 2.75) is 76.0 Å². The Kier molecular flexibility index (Phi) is 4.37. The van der Waals surface area contributed by atoms with Crippen LogP contribution in [0.15, 0.2) is 66.6 Å². The maximum Gasteiger partial charge on any atom is 0.154 e. The zero-order chi connectivity index (χ0) is 20.9. The first-order valence-corrected chi connectivity index (χ1v) is 11.8. The summed E-state index contributed by atoms with van der Waals surface area (Å²) in [6.07, 6.45) is 10.4. The van der Waals surface area contributed by atoms with Crippen molar-refractivity contribution in [1.82, 2.24) is 0 Å². The molecule has 2 spiro atoms. The zero-order valence-corrected chi connectivity index (χ0v) is 18.1. The number of fused-ring (bicyclic) bond motifs is 2. The van der Waals surface area contributed by atoms with Gasteiger partial charge in [-0.3, -0.25) is 20.0 Å². The molecule has 0 amide bonds. The molecule has 2 saturated carbocycles. The highest BCUT2D eigenvalue weighted by atomic mass is 15.2. The van der Waals surface area contributed by atoms with Crippen LogP contribution in [0.4, 0.5) is 11.4 Å². The lowest BCUT2D eigenvalue weighted by molar-refractivity contribution is 0.215. The Labute approximate surface area is 181 Å². The van der Waals surface area contributed by atoms with E-state index >= 15 is 0 Å². The molecule has 6 heteroatoms. The number of hydrogen-bond donors (Lipinski definition) is 0. The van der Waals surface area contributed by atoms with Gasteiger partial charge in [0.15, 0.2) is 11.3 Å². The van der Waals surface area contributed by atoms with Crippen LogP contribution in [0.3, 0.4) is 0 Å². The van der Waals surface area contributed by atoms with Gasteiger partial charge >= 0.3 is 0 Å². The lowest BCUT2D eigenvalue weighted by Crippen LogP contribution is -2.34. The highest BCUT2D eigenvalue weighted by Crippen LogP contribution is 2.38. The number of rotatable bonds is 2. The van der Waals surface area contributed by atoms with Gasteiger partial charge in [0.1, 0.15) is 22.1 Å². The second-order valence-electron chi connectivity index (χ2n) is 9.51. The summed E-state index contributed by atoms with van der Waals surface area (Å²) in [6, 6.07) is 12.1. The van der Waals surface area contributed by atoms with Crippen molar-refractivity contribution in [1.29, 1.82) is 0 Å². The minimum absolute atomic E-state index is 0.266. The first kappa shape index (κ1) is 19.0. The second-order valence-corrected chi connectivity index (χ2v) is 9.51. The van der Waals surface area contributed by atoms with E-state index in [1.54, 1.807) is 0 Å². The van der Waals surface area contributed by atoms with Gasteiger partial charge in [0.2, 0.25) is 0 Å². The smallest absolute Gasteiger partial charge is 0.154 e. The van der Waals surface area contributed by atoms with Crippen LogP contribution in [0.5, 0.6) is 0 Å². The standard InChI is InChI=1S/C25H28N6/c1-17-9-3-6-16-25(17)27-19-11-8-13-21(23(19)29-25)31-30-20-12-7-10-18-22(20)28-24(26-18)14-4-2-5-15-24/h7-8,10-13,17H,2-6,9,14-16H2,1H3. The molecule has 2 heterocycles. The van der Waals surface area contributed by atoms with E-state index in [-0.39, 0.29) is 11.3 Å². The summed E-state index contributed by atoms with van der Waals surface area (Å²) in [4.78, 5) is 20.2. The molecule has 2 aliphatic heterocycles. The van der Waals surface area contributed by atoms with E-state index in [4.69, 9.17) is 20.0 Å². The fourth-order valence-corrected chi connectivity index (χ4v) is 5.59. The third-order valence-corrected chi connectivity index (χ3v) is 7.40. The van der Waals surface area contributed by atoms with Crippen molar-refractivity contribution in [3.63, 3.8) is 0 Å². The molecule has 6 nitrogen and oxygen atoms in total. The molecule has 0 saturated heterocycles. The largest absolute Gasteiger partial charge is 0.253 e. The Hall–Kier alpha value is -2.76. The summed E-state index contributed by atoms with van der Waals surface area (Å²) < 4.78 is 0. The van der Waals surface area contributed by atoms with Crippen LogP contribution in [-0.4, -0.2) is 11.3 Å². The predicted octanol–water partition coefficient (Wildman–Crippen LogP) is 4.17. The van der Waals surface area contributed by atoms with Crippen LogP contribution >= 0.6 is 0 Å². The number of para-hydroxylation sites is 2. The molecule has 2 unspecified atom stereocenters. The van der Waals surface area contributed by atoms with Crippen LogP contribution in [0, 0.1) is 5.92 Å². The van der Waals surface area contributed by atoms with Crippen molar-refractivity contribution in [2.75, 3.05) is 0 Å². The van der Waals surface area contributed by atoms with Crippen LogP contribution in [0.1, 0.15) is 64.7 Å². The van der Waals surface area contributed by atoms with Crippen LogP contribution < -0.4 is 21.4 Å². The Bertz CT molecular complexity index is 1300. The molecule has 2 atom stereocenters. The molecular formula is C25H28N6. The summed E-state index contributed by atoms with van der Waals surface area (Å²) in [5.74, 6) is 0.461. The summed E-state index contributed by atoms with van der Waals surface area (Å²) in [6.45, 7) is 2.28. The fraction of sp³-hybridized carbons (Fsp3) is 0.520. The number of azo groups is 1. The summed E-state index contributed by atoms with van der Waals surface area (Å²) in [7, 11) is 0. The van der Waals surface area contributed by atoms with Gasteiger partial charge in [-0.1, -0.05) is 31.9 Å². The Morgan fingerprint density at radius 2 is 1.35 bits per heavy atom. The molecule has 2 fully saturated rings. The first-order chi connectivity index (χ1) is 15.2. The summed E-state index contributed by atoms with van der Waals surface area (Å²) >= 11 is 0. The van der Waals surface area contributed by atoms with E-state index in [1.165, 1.54) is 38.5 Å². The molecule has 2 aliphatic carbocycles. The normalized spacial score (nSPS) is 28.0. The van der Waals surface area contributed by atoms with Crippen molar-refractivity contribution in [3.05, 3.63) is 57.8 Å². The molecule has 31 heavy (non-hydrogen) atoms. The van der Waals surface area contributed by atoms with Crippen molar-refractivity contribution >= 4 is 11.4 Å². The van der Waals surface area contributed by atoms with Gasteiger partial charge in [-0.25, -0.2) is 0 Å². The maximum atomic E-state index is 5.11. The Morgan fingerprint density at radius 3 is 2.06 bits per heavy atom. The minimum Gasteiger partial charge on any atom is -0.253 e. The van der Waals surface area contributed by atoms with Crippen LogP contribution in [-0.2, 0) is 0 Å². The Morgan fingerprint density at radius 1 is 0.710 bits per heavy atom. The van der Waals surface area contributed by atoms with Gasteiger partial charge < -0.3 is 0 Å². The molecular weight excluding hydrogens is 384 g/mol. The lowest BCUT2D eigenvalue weighted by atomic mass is 9.81. The van der Waals surface area contributed by atoms with E-state index in [0.717, 1.165) is 52.1 Å². The molecule has 158 valence electrons. The van der Waals surface area contributed by atoms with Gasteiger partial charge in [0, 0.05) is 5.92 Å². The van der Waals surface area contributed by atoms with Gasteiger partial charge in [0.05, 0.1) is 10.7 Å². The number of benzene rings is 2. The fourth-order valence-electron chi connectivity index (χ4n) is 5.59. The number of nitrogens with zero attached hydrogens (tertiary/aromatic N) is 6. The van der Waals surface area contributed by atoms with E-state index in [2.05, 4.69) is 23.2 Å². The average Bonchev–Trinajstić information content (AvgIpc) is 3.34. The summed E-state index contributed by atoms with van der Waals surface area (Å²) in [5, 5.41) is 12.9. The molecule has 0 radical (unpaired) electrons. The van der Waals surface area contributed by atoms with Crippen molar-refractivity contribution in [3.8, 4) is 0 Å². The topological polar surface area (TPSA) is 74.2 Å². The number of hydrogen-bond acceptors (Lipinski definition) is 6. The molecule has 4 aliphatic rings. The molecule has 2 aromatic carbocycles. The molecule has 6 rings (SSSR count). The van der Waals surface area contributed by atoms with Crippen LogP contribution in [0.2, 0.25) is 0 Å².